The Labute approximate surface area is 245 Å². The lowest BCUT2D eigenvalue weighted by atomic mass is 9.98. The zero-order valence-electron chi connectivity index (χ0n) is 22.2. The van der Waals surface area contributed by atoms with Crippen LogP contribution in [-0.2, 0) is 20.9 Å². The number of hydrogen-bond acceptors (Lipinski definition) is 4. The molecular formula is C29H35Cl3N4O3. The highest BCUT2D eigenvalue weighted by atomic mass is 35.5. The molecule has 0 saturated carbocycles. The highest BCUT2D eigenvalue weighted by Crippen LogP contribution is 2.40. The smallest absolute Gasteiger partial charge is 0.239 e. The maximum absolute atomic E-state index is 13.5. The summed E-state index contributed by atoms with van der Waals surface area (Å²) >= 11 is 18.8. The number of likely N-dealkylation sites (tertiary alicyclic amines) is 2. The number of halogens is 3. The summed E-state index contributed by atoms with van der Waals surface area (Å²) in [6.45, 7) is 5.69. The van der Waals surface area contributed by atoms with Gasteiger partial charge in [0.2, 0.25) is 17.7 Å². The second-order valence-electron chi connectivity index (χ2n) is 10.3. The van der Waals surface area contributed by atoms with Crippen LogP contribution in [0.3, 0.4) is 0 Å². The standard InChI is InChI=1S/C29H35Cl3N4O3/c1-19-20(7-5-8-24(19)31)17-34-28(38)23-16-26(22-10-9-21(30)15-25(22)32)36(29(23)39)18-27(37)33-11-6-14-35-12-3-2-4-13-35/h5,7-10,15,23,26H,2-4,6,11-14,16-18H2,1H3,(H,33,37)(H,34,38). The first-order valence-corrected chi connectivity index (χ1v) is 14.6. The van der Waals surface area contributed by atoms with Crippen LogP contribution in [0, 0.1) is 12.8 Å². The molecule has 0 bridgehead atoms. The topological polar surface area (TPSA) is 81.8 Å². The van der Waals surface area contributed by atoms with E-state index >= 15 is 0 Å². The van der Waals surface area contributed by atoms with Crippen molar-refractivity contribution in [1.82, 2.24) is 20.4 Å². The van der Waals surface area contributed by atoms with Gasteiger partial charge in [0.25, 0.3) is 0 Å². The van der Waals surface area contributed by atoms with Crippen molar-refractivity contribution in [3.63, 3.8) is 0 Å². The van der Waals surface area contributed by atoms with Gasteiger partial charge in [-0.25, -0.2) is 0 Å². The van der Waals surface area contributed by atoms with Gasteiger partial charge in [-0.1, -0.05) is 59.4 Å². The highest BCUT2D eigenvalue weighted by molar-refractivity contribution is 6.35. The number of hydrogen-bond donors (Lipinski definition) is 2. The number of piperidine rings is 1. The molecule has 4 rings (SSSR count). The lowest BCUT2D eigenvalue weighted by Gasteiger charge is -2.27. The van der Waals surface area contributed by atoms with E-state index in [0.717, 1.165) is 37.2 Å². The van der Waals surface area contributed by atoms with Gasteiger partial charge in [-0.15, -0.1) is 0 Å². The molecule has 2 aromatic carbocycles. The molecule has 3 amide bonds. The summed E-state index contributed by atoms with van der Waals surface area (Å²) in [4.78, 5) is 43.5. The summed E-state index contributed by atoms with van der Waals surface area (Å²) in [6, 6.07) is 10.0. The molecule has 0 aliphatic carbocycles. The van der Waals surface area contributed by atoms with Gasteiger partial charge in [0, 0.05) is 28.2 Å². The molecule has 2 saturated heterocycles. The van der Waals surface area contributed by atoms with E-state index in [-0.39, 0.29) is 31.3 Å². The third kappa shape index (κ3) is 7.66. The molecule has 2 aliphatic rings. The van der Waals surface area contributed by atoms with Crippen molar-refractivity contribution < 1.29 is 14.4 Å². The molecule has 7 nitrogen and oxygen atoms in total. The summed E-state index contributed by atoms with van der Waals surface area (Å²) in [6.07, 6.45) is 4.80. The zero-order chi connectivity index (χ0) is 27.9. The Balaban J connectivity index is 1.41. The Morgan fingerprint density at radius 3 is 2.51 bits per heavy atom. The minimum atomic E-state index is -0.937. The van der Waals surface area contributed by atoms with Crippen LogP contribution in [0.4, 0.5) is 0 Å². The van der Waals surface area contributed by atoms with E-state index in [1.807, 2.05) is 19.1 Å². The fourth-order valence-corrected chi connectivity index (χ4v) is 6.08. The largest absolute Gasteiger partial charge is 0.355 e. The predicted octanol–water partition coefficient (Wildman–Crippen LogP) is 5.15. The van der Waals surface area contributed by atoms with Gasteiger partial charge >= 0.3 is 0 Å². The molecule has 2 N–H and O–H groups in total. The minimum Gasteiger partial charge on any atom is -0.355 e. The van der Waals surface area contributed by atoms with Crippen molar-refractivity contribution in [2.45, 2.75) is 51.6 Å². The summed E-state index contributed by atoms with van der Waals surface area (Å²) in [5.41, 5.74) is 2.41. The van der Waals surface area contributed by atoms with Crippen molar-refractivity contribution in [2.75, 3.05) is 32.7 Å². The third-order valence-electron chi connectivity index (χ3n) is 7.62. The van der Waals surface area contributed by atoms with Gasteiger partial charge < -0.3 is 20.4 Å². The second kappa shape index (κ2) is 13.8. The maximum Gasteiger partial charge on any atom is 0.239 e. The number of amides is 3. The highest BCUT2D eigenvalue weighted by Gasteiger charge is 2.45. The van der Waals surface area contributed by atoms with E-state index in [2.05, 4.69) is 15.5 Å². The van der Waals surface area contributed by atoms with Gasteiger partial charge in [-0.3, -0.25) is 14.4 Å². The fraction of sp³-hybridized carbons (Fsp3) is 0.483. The van der Waals surface area contributed by atoms with Crippen LogP contribution in [0.15, 0.2) is 36.4 Å². The predicted molar refractivity (Wildman–Crippen MR) is 155 cm³/mol. The summed E-state index contributed by atoms with van der Waals surface area (Å²) in [5, 5.41) is 7.29. The second-order valence-corrected chi connectivity index (χ2v) is 11.5. The van der Waals surface area contributed by atoms with Gasteiger partial charge in [-0.05, 0) is 87.1 Å². The molecule has 2 heterocycles. The van der Waals surface area contributed by atoms with Crippen LogP contribution in [0.1, 0.15) is 54.8 Å². The van der Waals surface area contributed by atoms with Gasteiger partial charge in [0.1, 0.15) is 12.5 Å². The first-order valence-electron chi connectivity index (χ1n) is 13.5. The fourth-order valence-electron chi connectivity index (χ4n) is 5.35. The van der Waals surface area contributed by atoms with Crippen molar-refractivity contribution in [1.29, 1.82) is 0 Å². The molecule has 2 unspecified atom stereocenters. The first kappa shape index (κ1) is 29.7. The number of nitrogens with one attached hydrogen (secondary N) is 2. The van der Waals surface area contributed by atoms with E-state index in [1.54, 1.807) is 24.3 Å². The van der Waals surface area contributed by atoms with Crippen molar-refractivity contribution in [3.8, 4) is 0 Å². The average Bonchev–Trinajstić information content (AvgIpc) is 3.23. The third-order valence-corrected chi connectivity index (χ3v) is 8.60. The van der Waals surface area contributed by atoms with Gasteiger partial charge in [-0.2, -0.15) is 0 Å². The Hall–Kier alpha value is -2.32. The van der Waals surface area contributed by atoms with E-state index in [9.17, 15) is 14.4 Å². The lowest BCUT2D eigenvalue weighted by Crippen LogP contribution is -2.42. The Morgan fingerprint density at radius 2 is 1.77 bits per heavy atom. The molecule has 2 aromatic rings. The number of rotatable bonds is 10. The Kier molecular flexibility index (Phi) is 10.5. The molecule has 2 atom stereocenters. The Morgan fingerprint density at radius 1 is 1.00 bits per heavy atom. The van der Waals surface area contributed by atoms with E-state index in [1.165, 1.54) is 24.2 Å². The minimum absolute atomic E-state index is 0.149. The summed E-state index contributed by atoms with van der Waals surface area (Å²) in [5.74, 6) is -1.98. The number of carbonyl (C=O) groups is 3. The van der Waals surface area contributed by atoms with Crippen molar-refractivity contribution in [3.05, 3.63) is 68.2 Å². The number of benzene rings is 2. The van der Waals surface area contributed by atoms with E-state index in [4.69, 9.17) is 34.8 Å². The van der Waals surface area contributed by atoms with Crippen LogP contribution < -0.4 is 10.6 Å². The lowest BCUT2D eigenvalue weighted by molar-refractivity contribution is -0.140. The van der Waals surface area contributed by atoms with E-state index < -0.39 is 17.9 Å². The maximum atomic E-state index is 13.5. The molecule has 0 spiro atoms. The monoisotopic (exact) mass is 592 g/mol. The van der Waals surface area contributed by atoms with Crippen molar-refractivity contribution >= 4 is 52.5 Å². The average molecular weight is 594 g/mol. The first-order chi connectivity index (χ1) is 18.7. The number of nitrogens with zero attached hydrogens (tertiary/aromatic N) is 2. The van der Waals surface area contributed by atoms with Crippen LogP contribution in [-0.4, -0.2) is 60.2 Å². The van der Waals surface area contributed by atoms with Crippen LogP contribution in [0.5, 0.6) is 0 Å². The van der Waals surface area contributed by atoms with Crippen LogP contribution in [0.25, 0.3) is 0 Å². The molecule has 2 aliphatic heterocycles. The van der Waals surface area contributed by atoms with Crippen LogP contribution >= 0.6 is 34.8 Å². The molecule has 39 heavy (non-hydrogen) atoms. The van der Waals surface area contributed by atoms with Gasteiger partial charge in [0.05, 0.1) is 6.04 Å². The molecule has 10 heteroatoms. The molecule has 0 radical (unpaired) electrons. The van der Waals surface area contributed by atoms with Crippen molar-refractivity contribution in [2.24, 2.45) is 5.92 Å². The number of carbonyl (C=O) groups excluding carboxylic acids is 3. The van der Waals surface area contributed by atoms with Crippen LogP contribution in [0.2, 0.25) is 15.1 Å². The molecule has 210 valence electrons. The van der Waals surface area contributed by atoms with Gasteiger partial charge in [0.15, 0.2) is 0 Å². The normalized spacial score (nSPS) is 19.8. The zero-order valence-corrected chi connectivity index (χ0v) is 24.4. The quantitative estimate of drug-likeness (QED) is 0.295. The SMILES string of the molecule is Cc1c(Cl)cccc1CNC(=O)C1CC(c2ccc(Cl)cc2Cl)N(CC(=O)NCCCN2CCCCC2)C1=O. The summed E-state index contributed by atoms with van der Waals surface area (Å²) in [7, 11) is 0. The molecule has 0 aromatic heterocycles. The molecular weight excluding hydrogens is 559 g/mol. The molecule has 2 fully saturated rings. The van der Waals surface area contributed by atoms with E-state index in [0.29, 0.717) is 27.2 Å². The Bertz CT molecular complexity index is 1200. The summed E-state index contributed by atoms with van der Waals surface area (Å²) < 4.78 is 0.